The molecule has 1 heterocycles. The smallest absolute Gasteiger partial charge is 0.306 e. The van der Waals surface area contributed by atoms with Crippen LogP contribution in [0.15, 0.2) is 84.9 Å². The summed E-state index contributed by atoms with van der Waals surface area (Å²) in [5, 5.41) is 12.5. The van der Waals surface area contributed by atoms with Crippen molar-refractivity contribution in [3.63, 3.8) is 0 Å². The highest BCUT2D eigenvalue weighted by Gasteiger charge is 2.23. The Labute approximate surface area is 249 Å². The molecule has 0 aliphatic rings. The van der Waals surface area contributed by atoms with E-state index < -0.39 is 5.97 Å². The summed E-state index contributed by atoms with van der Waals surface area (Å²) >= 11 is 1.85. The number of carboxylic acids is 1. The van der Waals surface area contributed by atoms with Gasteiger partial charge in [0.2, 0.25) is 0 Å². The largest absolute Gasteiger partial charge is 0.481 e. The minimum atomic E-state index is -0.700. The normalized spacial score (nSPS) is 12.1. The first-order valence-electron chi connectivity index (χ1n) is 14.8. The predicted molar refractivity (Wildman–Crippen MR) is 177 cm³/mol. The summed E-state index contributed by atoms with van der Waals surface area (Å²) < 4.78 is 2.63. The Morgan fingerprint density at radius 1 is 0.780 bits per heavy atom. The van der Waals surface area contributed by atoms with Gasteiger partial charge in [0.1, 0.15) is 0 Å². The van der Waals surface area contributed by atoms with Crippen LogP contribution < -0.4 is 0 Å². The van der Waals surface area contributed by atoms with E-state index in [1.54, 1.807) is 0 Å². The van der Waals surface area contributed by atoms with Crippen LogP contribution in [0.25, 0.3) is 31.3 Å². The van der Waals surface area contributed by atoms with Crippen molar-refractivity contribution in [2.75, 3.05) is 6.54 Å². The molecule has 0 bridgehead atoms. The zero-order valence-electron chi connectivity index (χ0n) is 25.3. The van der Waals surface area contributed by atoms with Gasteiger partial charge >= 0.3 is 5.97 Å². The lowest BCUT2D eigenvalue weighted by Gasteiger charge is -2.27. The topological polar surface area (TPSA) is 40.5 Å². The lowest BCUT2D eigenvalue weighted by Crippen LogP contribution is -2.29. The summed E-state index contributed by atoms with van der Waals surface area (Å²) in [6, 6.07) is 30.4. The van der Waals surface area contributed by atoms with Crippen LogP contribution in [0.2, 0.25) is 0 Å². The molecule has 0 spiro atoms. The molecule has 0 saturated carbocycles. The maximum absolute atomic E-state index is 12.0. The molecule has 1 N–H and O–H groups in total. The quantitative estimate of drug-likeness (QED) is 0.183. The highest BCUT2D eigenvalue weighted by molar-refractivity contribution is 7.26. The number of nitrogens with zero attached hydrogens (tertiary/aromatic N) is 1. The van der Waals surface area contributed by atoms with Gasteiger partial charge in [-0.1, -0.05) is 107 Å². The number of aryl methyl sites for hydroxylation is 1. The molecule has 0 saturated heterocycles. The van der Waals surface area contributed by atoms with Crippen LogP contribution >= 0.6 is 11.3 Å². The molecular weight excluding hydrogens is 522 g/mol. The van der Waals surface area contributed by atoms with Crippen LogP contribution in [-0.4, -0.2) is 22.5 Å². The summed E-state index contributed by atoms with van der Waals surface area (Å²) in [7, 11) is 0. The number of carboxylic acid groups (broad SMARTS) is 1. The molecule has 1 aromatic heterocycles. The number of rotatable bonds is 10. The molecule has 1 unspecified atom stereocenters. The number of thiophene rings is 1. The molecule has 1 atom stereocenters. The average Bonchev–Trinajstić information content (AvgIpc) is 3.35. The standard InChI is InChI=1S/C35H37NO2S.C2H6/c1-23(2)28(35(37)38)19-20-36(21-26-12-9-16-30(25(26)4)29-14-6-5-11-24(29)3)22-27-13-10-17-32-31-15-7-8-18-33(31)39-34(27)32;1-2/h5-18,23,28H,19-22H2,1-4H3,(H,37,38);1-2H3. The highest BCUT2D eigenvalue weighted by atomic mass is 32.1. The minimum Gasteiger partial charge on any atom is -0.481 e. The molecule has 41 heavy (non-hydrogen) atoms. The first-order valence-corrected chi connectivity index (χ1v) is 15.6. The summed E-state index contributed by atoms with van der Waals surface area (Å²) in [5.41, 5.74) is 7.68. The molecule has 0 amide bonds. The van der Waals surface area contributed by atoms with Gasteiger partial charge < -0.3 is 5.11 Å². The molecule has 0 fully saturated rings. The van der Waals surface area contributed by atoms with Gasteiger partial charge in [-0.05, 0) is 72.2 Å². The Morgan fingerprint density at radius 3 is 2.12 bits per heavy atom. The molecule has 0 aliphatic heterocycles. The first kappa shape index (κ1) is 30.5. The number of aliphatic carboxylic acids is 1. The van der Waals surface area contributed by atoms with Crippen molar-refractivity contribution >= 4 is 37.5 Å². The van der Waals surface area contributed by atoms with Crippen LogP contribution in [0.5, 0.6) is 0 Å². The lowest BCUT2D eigenvalue weighted by molar-refractivity contribution is -0.143. The van der Waals surface area contributed by atoms with Gasteiger partial charge in [-0.3, -0.25) is 9.69 Å². The van der Waals surface area contributed by atoms with E-state index in [-0.39, 0.29) is 11.8 Å². The number of hydrogen-bond donors (Lipinski definition) is 1. The fraction of sp³-hybridized carbons (Fsp3) is 0.324. The van der Waals surface area contributed by atoms with Crippen LogP contribution in [-0.2, 0) is 17.9 Å². The van der Waals surface area contributed by atoms with Crippen molar-refractivity contribution in [3.05, 3.63) is 107 Å². The van der Waals surface area contributed by atoms with E-state index >= 15 is 0 Å². The van der Waals surface area contributed by atoms with Gasteiger partial charge in [-0.2, -0.15) is 0 Å². The molecular formula is C37H43NO2S. The zero-order chi connectivity index (χ0) is 29.5. The van der Waals surface area contributed by atoms with Gasteiger partial charge in [0.25, 0.3) is 0 Å². The van der Waals surface area contributed by atoms with Gasteiger partial charge in [0.05, 0.1) is 5.92 Å². The van der Waals surface area contributed by atoms with Crippen molar-refractivity contribution in [1.82, 2.24) is 4.90 Å². The Balaban J connectivity index is 0.00000189. The first-order chi connectivity index (χ1) is 19.8. The lowest BCUT2D eigenvalue weighted by atomic mass is 9.91. The molecule has 4 aromatic carbocycles. The van der Waals surface area contributed by atoms with Gasteiger partial charge in [-0.25, -0.2) is 0 Å². The number of benzene rings is 4. The maximum Gasteiger partial charge on any atom is 0.306 e. The average molecular weight is 566 g/mol. The van der Waals surface area contributed by atoms with Gasteiger partial charge in [0.15, 0.2) is 0 Å². The summed E-state index contributed by atoms with van der Waals surface area (Å²) in [6.45, 7) is 14.7. The van der Waals surface area contributed by atoms with E-state index in [1.165, 1.54) is 53.6 Å². The van der Waals surface area contributed by atoms with Crippen LogP contribution in [0.1, 0.15) is 56.4 Å². The van der Waals surface area contributed by atoms with E-state index in [4.69, 9.17) is 0 Å². The fourth-order valence-corrected chi connectivity index (χ4v) is 6.92. The zero-order valence-corrected chi connectivity index (χ0v) is 26.1. The third-order valence-corrected chi connectivity index (χ3v) is 9.30. The molecule has 4 heteroatoms. The summed E-state index contributed by atoms with van der Waals surface area (Å²) in [4.78, 5) is 14.5. The number of hydrogen-bond acceptors (Lipinski definition) is 3. The second-order valence-electron chi connectivity index (χ2n) is 11.0. The fourth-order valence-electron chi connectivity index (χ4n) is 5.71. The van der Waals surface area contributed by atoms with Crippen molar-refractivity contribution in [2.24, 2.45) is 11.8 Å². The second-order valence-corrected chi connectivity index (χ2v) is 12.0. The van der Waals surface area contributed by atoms with Crippen LogP contribution in [0, 0.1) is 25.7 Å². The summed E-state index contributed by atoms with van der Waals surface area (Å²) in [6.07, 6.45) is 0.631. The maximum atomic E-state index is 12.0. The van der Waals surface area contributed by atoms with E-state index in [2.05, 4.69) is 104 Å². The molecule has 0 radical (unpaired) electrons. The summed E-state index contributed by atoms with van der Waals surface area (Å²) in [5.74, 6) is -0.956. The predicted octanol–water partition coefficient (Wildman–Crippen LogP) is 10.1. The third-order valence-electron chi connectivity index (χ3n) is 8.03. The van der Waals surface area contributed by atoms with E-state index in [9.17, 15) is 9.90 Å². The van der Waals surface area contributed by atoms with Crippen molar-refractivity contribution in [2.45, 2.75) is 61.1 Å². The minimum absolute atomic E-state index is 0.0986. The Kier molecular flexibility index (Phi) is 10.4. The van der Waals surface area contributed by atoms with Crippen molar-refractivity contribution in [1.29, 1.82) is 0 Å². The van der Waals surface area contributed by atoms with Crippen LogP contribution in [0.3, 0.4) is 0 Å². The monoisotopic (exact) mass is 565 g/mol. The van der Waals surface area contributed by atoms with E-state index in [0.29, 0.717) is 6.42 Å². The van der Waals surface area contributed by atoms with E-state index in [1.807, 2.05) is 39.0 Å². The Hall–Kier alpha value is -3.47. The van der Waals surface area contributed by atoms with Crippen molar-refractivity contribution in [3.8, 4) is 11.1 Å². The van der Waals surface area contributed by atoms with E-state index in [0.717, 1.165) is 19.6 Å². The Morgan fingerprint density at radius 2 is 1.39 bits per heavy atom. The molecule has 5 aromatic rings. The van der Waals surface area contributed by atoms with Crippen LogP contribution in [0.4, 0.5) is 0 Å². The molecule has 214 valence electrons. The second kappa shape index (κ2) is 13.9. The van der Waals surface area contributed by atoms with Gasteiger partial charge in [0, 0.05) is 33.3 Å². The number of carbonyl (C=O) groups is 1. The SMILES string of the molecule is CC.Cc1ccccc1-c1cccc(CN(CCC(C(=O)O)C(C)C)Cc2cccc3c2sc2ccccc23)c1C. The Bertz CT molecular complexity index is 1620. The molecule has 0 aliphatic carbocycles. The van der Waals surface area contributed by atoms with Gasteiger partial charge in [-0.15, -0.1) is 11.3 Å². The van der Waals surface area contributed by atoms with Crippen molar-refractivity contribution < 1.29 is 9.90 Å². The highest BCUT2D eigenvalue weighted by Crippen LogP contribution is 2.36. The third kappa shape index (κ3) is 6.89. The molecule has 5 rings (SSSR count). The molecule has 3 nitrogen and oxygen atoms in total. The number of fused-ring (bicyclic) bond motifs is 3.